The molecular weight excluding hydrogens is 278 g/mol. The van der Waals surface area contributed by atoms with Crippen LogP contribution in [0.1, 0.15) is 12.6 Å². The number of morpholine rings is 1. The molecule has 1 saturated heterocycles. The van der Waals surface area contributed by atoms with Gasteiger partial charge in [-0.2, -0.15) is 0 Å². The zero-order valence-corrected chi connectivity index (χ0v) is 12.6. The fourth-order valence-corrected chi connectivity index (χ4v) is 2.97. The maximum Gasteiger partial charge on any atom is 0.313 e. The van der Waals surface area contributed by atoms with E-state index in [0.717, 1.165) is 56.7 Å². The molecular formula is C13H21N3O3S. The SMILES string of the molecule is CCc1cnc(SCC(=O)O)n1CCN1CCOCC1. The van der Waals surface area contributed by atoms with Crippen molar-refractivity contribution in [3.8, 4) is 0 Å². The van der Waals surface area contributed by atoms with Crippen LogP contribution in [0.2, 0.25) is 0 Å². The molecule has 0 aliphatic carbocycles. The van der Waals surface area contributed by atoms with Crippen LogP contribution in [0.15, 0.2) is 11.4 Å². The lowest BCUT2D eigenvalue weighted by atomic mass is 10.3. The first-order chi connectivity index (χ1) is 9.70. The number of aromatic nitrogens is 2. The smallest absolute Gasteiger partial charge is 0.313 e. The summed E-state index contributed by atoms with van der Waals surface area (Å²) in [7, 11) is 0. The van der Waals surface area contributed by atoms with Crippen molar-refractivity contribution < 1.29 is 14.6 Å². The van der Waals surface area contributed by atoms with E-state index in [0.29, 0.717) is 0 Å². The first kappa shape index (κ1) is 15.3. The van der Waals surface area contributed by atoms with Crippen molar-refractivity contribution in [2.24, 2.45) is 0 Å². The fraction of sp³-hybridized carbons (Fsp3) is 0.692. The molecule has 2 heterocycles. The molecule has 0 spiro atoms. The van der Waals surface area contributed by atoms with Crippen LogP contribution in [-0.2, 0) is 22.5 Å². The standard InChI is InChI=1S/C13H21N3O3S/c1-2-11-9-14-13(20-10-12(17)18)16(11)4-3-15-5-7-19-8-6-15/h9H,2-8,10H2,1H3,(H,17,18). The topological polar surface area (TPSA) is 67.6 Å². The summed E-state index contributed by atoms with van der Waals surface area (Å²) >= 11 is 1.29. The van der Waals surface area contributed by atoms with E-state index in [1.165, 1.54) is 11.8 Å². The summed E-state index contributed by atoms with van der Waals surface area (Å²) in [6, 6.07) is 0. The number of ether oxygens (including phenoxy) is 1. The van der Waals surface area contributed by atoms with Crippen molar-refractivity contribution in [2.75, 3.05) is 38.6 Å². The third-order valence-electron chi connectivity index (χ3n) is 3.33. The largest absolute Gasteiger partial charge is 0.481 e. The fourth-order valence-electron chi connectivity index (χ4n) is 2.22. The van der Waals surface area contributed by atoms with E-state index in [2.05, 4.69) is 21.4 Å². The van der Waals surface area contributed by atoms with Gasteiger partial charge in [0.15, 0.2) is 5.16 Å². The van der Waals surface area contributed by atoms with E-state index in [1.807, 2.05) is 6.20 Å². The minimum absolute atomic E-state index is 0.0533. The van der Waals surface area contributed by atoms with Crippen molar-refractivity contribution in [3.63, 3.8) is 0 Å². The molecule has 0 atom stereocenters. The van der Waals surface area contributed by atoms with Gasteiger partial charge in [-0.05, 0) is 6.42 Å². The molecule has 2 rings (SSSR count). The Morgan fingerprint density at radius 3 is 2.85 bits per heavy atom. The Balaban J connectivity index is 1.96. The summed E-state index contributed by atoms with van der Waals surface area (Å²) in [6.07, 6.45) is 2.76. The molecule has 1 fully saturated rings. The minimum Gasteiger partial charge on any atom is -0.481 e. The van der Waals surface area contributed by atoms with Crippen LogP contribution in [0.3, 0.4) is 0 Å². The molecule has 0 bridgehead atoms. The number of thioether (sulfide) groups is 1. The van der Waals surface area contributed by atoms with Crippen LogP contribution in [0.25, 0.3) is 0 Å². The molecule has 1 aromatic rings. The number of hydrogen-bond acceptors (Lipinski definition) is 5. The molecule has 0 radical (unpaired) electrons. The van der Waals surface area contributed by atoms with Gasteiger partial charge in [0, 0.05) is 38.1 Å². The van der Waals surface area contributed by atoms with E-state index < -0.39 is 5.97 Å². The van der Waals surface area contributed by atoms with Gasteiger partial charge in [0.05, 0.1) is 19.0 Å². The summed E-state index contributed by atoms with van der Waals surface area (Å²) in [5.41, 5.74) is 1.16. The number of aliphatic carboxylic acids is 1. The summed E-state index contributed by atoms with van der Waals surface area (Å²) < 4.78 is 7.48. The number of carboxylic acid groups (broad SMARTS) is 1. The minimum atomic E-state index is -0.809. The quantitative estimate of drug-likeness (QED) is 0.756. The average Bonchev–Trinajstić information content (AvgIpc) is 2.86. The highest BCUT2D eigenvalue weighted by Crippen LogP contribution is 2.19. The van der Waals surface area contributed by atoms with Crippen LogP contribution in [0.5, 0.6) is 0 Å². The third-order valence-corrected chi connectivity index (χ3v) is 4.31. The Morgan fingerprint density at radius 1 is 1.45 bits per heavy atom. The molecule has 1 aromatic heterocycles. The van der Waals surface area contributed by atoms with E-state index in [9.17, 15) is 4.79 Å². The summed E-state index contributed by atoms with van der Waals surface area (Å²) in [5.74, 6) is -0.756. The zero-order chi connectivity index (χ0) is 14.4. The number of nitrogens with zero attached hydrogens (tertiary/aromatic N) is 3. The van der Waals surface area contributed by atoms with Gasteiger partial charge in [-0.1, -0.05) is 18.7 Å². The first-order valence-corrected chi connectivity index (χ1v) is 7.88. The predicted octanol–water partition coefficient (Wildman–Crippen LogP) is 0.954. The second kappa shape index (κ2) is 7.66. The molecule has 1 aliphatic rings. The van der Waals surface area contributed by atoms with Gasteiger partial charge in [0.25, 0.3) is 0 Å². The Labute approximate surface area is 123 Å². The van der Waals surface area contributed by atoms with Gasteiger partial charge >= 0.3 is 5.97 Å². The Bertz CT molecular complexity index is 444. The molecule has 20 heavy (non-hydrogen) atoms. The molecule has 112 valence electrons. The second-order valence-corrected chi connectivity index (χ2v) is 5.62. The Kier molecular flexibility index (Phi) is 5.87. The predicted molar refractivity (Wildman–Crippen MR) is 77.2 cm³/mol. The highest BCUT2D eigenvalue weighted by Gasteiger charge is 2.14. The number of hydrogen-bond donors (Lipinski definition) is 1. The van der Waals surface area contributed by atoms with Gasteiger partial charge in [0.2, 0.25) is 0 Å². The van der Waals surface area contributed by atoms with Crippen molar-refractivity contribution in [3.05, 3.63) is 11.9 Å². The summed E-state index contributed by atoms with van der Waals surface area (Å²) in [4.78, 5) is 17.4. The molecule has 7 heteroatoms. The first-order valence-electron chi connectivity index (χ1n) is 6.89. The highest BCUT2D eigenvalue weighted by atomic mass is 32.2. The number of imidazole rings is 1. The molecule has 0 aromatic carbocycles. The van der Waals surface area contributed by atoms with Crippen molar-refractivity contribution in [1.82, 2.24) is 14.5 Å². The maximum atomic E-state index is 10.7. The van der Waals surface area contributed by atoms with E-state index in [1.54, 1.807) is 0 Å². The van der Waals surface area contributed by atoms with Crippen molar-refractivity contribution >= 4 is 17.7 Å². The van der Waals surface area contributed by atoms with Crippen molar-refractivity contribution in [2.45, 2.75) is 25.0 Å². The van der Waals surface area contributed by atoms with Crippen LogP contribution in [0.4, 0.5) is 0 Å². The second-order valence-electron chi connectivity index (χ2n) is 4.67. The van der Waals surface area contributed by atoms with Gasteiger partial charge in [-0.25, -0.2) is 4.98 Å². The van der Waals surface area contributed by atoms with Crippen molar-refractivity contribution in [1.29, 1.82) is 0 Å². The molecule has 6 nitrogen and oxygen atoms in total. The van der Waals surface area contributed by atoms with Gasteiger partial charge in [0.1, 0.15) is 0 Å². The lowest BCUT2D eigenvalue weighted by Crippen LogP contribution is -2.38. The molecule has 0 saturated carbocycles. The van der Waals surface area contributed by atoms with Gasteiger partial charge in [-0.15, -0.1) is 0 Å². The monoisotopic (exact) mass is 299 g/mol. The highest BCUT2D eigenvalue weighted by molar-refractivity contribution is 7.99. The van der Waals surface area contributed by atoms with Crippen LogP contribution < -0.4 is 0 Å². The van der Waals surface area contributed by atoms with Crippen LogP contribution in [-0.4, -0.2) is 64.1 Å². The molecule has 0 amide bonds. The number of aryl methyl sites for hydroxylation is 1. The van der Waals surface area contributed by atoms with Gasteiger partial charge < -0.3 is 14.4 Å². The number of rotatable bonds is 7. The van der Waals surface area contributed by atoms with Crippen LogP contribution in [0, 0.1) is 0 Å². The summed E-state index contributed by atoms with van der Waals surface area (Å²) in [5, 5.41) is 9.59. The van der Waals surface area contributed by atoms with E-state index in [-0.39, 0.29) is 5.75 Å². The molecule has 1 aliphatic heterocycles. The van der Waals surface area contributed by atoms with Gasteiger partial charge in [-0.3, -0.25) is 9.69 Å². The van der Waals surface area contributed by atoms with Crippen LogP contribution >= 0.6 is 11.8 Å². The zero-order valence-electron chi connectivity index (χ0n) is 11.7. The van der Waals surface area contributed by atoms with E-state index >= 15 is 0 Å². The molecule has 1 N–H and O–H groups in total. The number of carboxylic acids is 1. The lowest BCUT2D eigenvalue weighted by Gasteiger charge is -2.27. The van der Waals surface area contributed by atoms with E-state index in [4.69, 9.17) is 9.84 Å². The Hall–Kier alpha value is -1.05. The molecule has 0 unspecified atom stereocenters. The normalized spacial score (nSPS) is 16.4. The average molecular weight is 299 g/mol. The third kappa shape index (κ3) is 4.22. The maximum absolute atomic E-state index is 10.7. The Morgan fingerprint density at radius 2 is 2.20 bits per heavy atom. The number of carbonyl (C=O) groups is 1. The summed E-state index contributed by atoms with van der Waals surface area (Å²) in [6.45, 7) is 7.42. The lowest BCUT2D eigenvalue weighted by molar-refractivity contribution is -0.133.